The number of aryl methyl sites for hydroxylation is 2. The van der Waals surface area contributed by atoms with E-state index < -0.39 is 11.9 Å². The highest BCUT2D eigenvalue weighted by atomic mass is 16.4. The van der Waals surface area contributed by atoms with E-state index in [-0.39, 0.29) is 48.3 Å². The molecule has 5 rings (SSSR count). The molecular weight excluding hydrogens is 658 g/mol. The lowest BCUT2D eigenvalue weighted by Crippen LogP contribution is -2.37. The largest absolute Gasteiger partial charge is 0.481 e. The van der Waals surface area contributed by atoms with Crippen LogP contribution in [-0.2, 0) is 34.0 Å². The van der Waals surface area contributed by atoms with Gasteiger partial charge in [-0.25, -0.2) is 9.48 Å². The summed E-state index contributed by atoms with van der Waals surface area (Å²) in [6.07, 6.45) is 5.91. The van der Waals surface area contributed by atoms with Crippen molar-refractivity contribution >= 4 is 29.5 Å². The summed E-state index contributed by atoms with van der Waals surface area (Å²) >= 11 is 0. The van der Waals surface area contributed by atoms with Crippen LogP contribution < -0.4 is 21.5 Å². The third-order valence-electron chi connectivity index (χ3n) is 7.81. The van der Waals surface area contributed by atoms with Crippen molar-refractivity contribution in [2.24, 2.45) is 0 Å². The van der Waals surface area contributed by atoms with E-state index >= 15 is 0 Å². The number of carbonyl (C=O) groups excluding carboxylic acids is 3. The number of nitrogens with zero attached hydrogens (tertiary/aromatic N) is 6. The standard InChI is InChI=1S/C33H37N9O7.C2H6/c1-21-38-39-31(49-21)26-16-27(22-6-8-25(9-7-22)37-33(48)41-19-23-12-14-34-17-24(23)20-41)40-42(32(26)47)15-5-3-2-4-13-35-29(44)18-36-28(43)10-11-30(45)46;1-2/h6-9,12,14,16-17H,2-5,10-11,13,15,18-20H2,1H3,(H,35,44)(H,36,43)(H,37,48)(H,45,46);1-2H3. The summed E-state index contributed by atoms with van der Waals surface area (Å²) in [5, 5.41) is 29.2. The van der Waals surface area contributed by atoms with Gasteiger partial charge in [-0.15, -0.1) is 10.2 Å². The van der Waals surface area contributed by atoms with Gasteiger partial charge in [-0.2, -0.15) is 5.10 Å². The molecule has 51 heavy (non-hydrogen) atoms. The zero-order valence-electron chi connectivity index (χ0n) is 29.0. The summed E-state index contributed by atoms with van der Waals surface area (Å²) in [5.41, 5.74) is 3.82. The topological polar surface area (TPSA) is 215 Å². The van der Waals surface area contributed by atoms with Crippen LogP contribution in [0.15, 0.2) is 58.0 Å². The Kier molecular flexibility index (Phi) is 13.9. The monoisotopic (exact) mass is 701 g/mol. The van der Waals surface area contributed by atoms with E-state index in [1.807, 2.05) is 32.0 Å². The minimum atomic E-state index is -1.08. The number of pyridine rings is 1. The van der Waals surface area contributed by atoms with E-state index in [0.29, 0.717) is 56.3 Å². The highest BCUT2D eigenvalue weighted by Gasteiger charge is 2.23. The van der Waals surface area contributed by atoms with Crippen molar-refractivity contribution in [2.75, 3.05) is 18.4 Å². The van der Waals surface area contributed by atoms with Crippen LogP contribution in [0, 0.1) is 6.92 Å². The van der Waals surface area contributed by atoms with Gasteiger partial charge in [0.15, 0.2) is 0 Å². The Morgan fingerprint density at radius 3 is 2.35 bits per heavy atom. The van der Waals surface area contributed by atoms with Crippen molar-refractivity contribution in [3.8, 4) is 22.7 Å². The second kappa shape index (κ2) is 18.7. The van der Waals surface area contributed by atoms with Crippen molar-refractivity contribution in [1.29, 1.82) is 0 Å². The molecule has 0 fully saturated rings. The highest BCUT2D eigenvalue weighted by molar-refractivity contribution is 5.90. The number of fused-ring (bicyclic) bond motifs is 1. The van der Waals surface area contributed by atoms with E-state index in [1.165, 1.54) is 4.68 Å². The number of benzene rings is 1. The fraction of sp³-hybridized carbons (Fsp3) is 0.400. The van der Waals surface area contributed by atoms with Crippen LogP contribution in [0.5, 0.6) is 0 Å². The number of amides is 4. The normalized spacial score (nSPS) is 11.6. The van der Waals surface area contributed by atoms with Crippen LogP contribution in [0.1, 0.15) is 69.4 Å². The molecule has 270 valence electrons. The lowest BCUT2D eigenvalue weighted by atomic mass is 10.1. The first-order valence-electron chi connectivity index (χ1n) is 16.9. The molecule has 4 aromatic rings. The van der Waals surface area contributed by atoms with Gasteiger partial charge >= 0.3 is 12.0 Å². The third kappa shape index (κ3) is 11.0. The predicted octanol–water partition coefficient (Wildman–Crippen LogP) is 3.90. The number of carboxylic acid groups (broad SMARTS) is 1. The molecule has 16 heteroatoms. The Morgan fingerprint density at radius 2 is 1.65 bits per heavy atom. The minimum absolute atomic E-state index is 0.0967. The number of hydrogen-bond donors (Lipinski definition) is 4. The Labute approximate surface area is 294 Å². The number of nitrogens with one attached hydrogen (secondary N) is 3. The first-order chi connectivity index (χ1) is 24.7. The second-order valence-electron chi connectivity index (χ2n) is 11.5. The second-order valence-corrected chi connectivity index (χ2v) is 11.5. The SMILES string of the molecule is CC.Cc1nnc(-c2cc(-c3ccc(NC(=O)N4Cc5ccncc5C4)cc3)nn(CCCCCCNC(=O)CNC(=O)CCC(=O)O)c2=O)o1. The van der Waals surface area contributed by atoms with Gasteiger partial charge in [0.2, 0.25) is 17.7 Å². The average Bonchev–Trinajstić information content (AvgIpc) is 3.77. The van der Waals surface area contributed by atoms with E-state index in [0.717, 1.165) is 29.5 Å². The number of carboxylic acids is 1. The maximum absolute atomic E-state index is 13.4. The average molecular weight is 702 g/mol. The molecular formula is C35H43N9O7. The van der Waals surface area contributed by atoms with Gasteiger partial charge in [0, 0.05) is 63.2 Å². The summed E-state index contributed by atoms with van der Waals surface area (Å²) in [5.74, 6) is -1.51. The Balaban J connectivity index is 0.00000286. The molecule has 0 atom stereocenters. The molecule has 0 saturated carbocycles. The van der Waals surface area contributed by atoms with Crippen molar-refractivity contribution in [3.63, 3.8) is 0 Å². The number of anilines is 1. The number of carbonyl (C=O) groups is 4. The van der Waals surface area contributed by atoms with Crippen molar-refractivity contribution < 1.29 is 28.7 Å². The van der Waals surface area contributed by atoms with Gasteiger partial charge in [0.1, 0.15) is 5.56 Å². The summed E-state index contributed by atoms with van der Waals surface area (Å²) in [6, 6.07) is 10.5. The Morgan fingerprint density at radius 1 is 0.902 bits per heavy atom. The van der Waals surface area contributed by atoms with Crippen LogP contribution in [0.3, 0.4) is 0 Å². The molecule has 0 saturated heterocycles. The lowest BCUT2D eigenvalue weighted by Gasteiger charge is -2.16. The predicted molar refractivity (Wildman–Crippen MR) is 187 cm³/mol. The van der Waals surface area contributed by atoms with Crippen molar-refractivity contribution in [3.05, 3.63) is 76.2 Å². The molecule has 3 aromatic heterocycles. The van der Waals surface area contributed by atoms with Crippen LogP contribution in [0.25, 0.3) is 22.7 Å². The third-order valence-corrected chi connectivity index (χ3v) is 7.81. The molecule has 4 amide bonds. The number of urea groups is 1. The first-order valence-corrected chi connectivity index (χ1v) is 16.9. The minimum Gasteiger partial charge on any atom is -0.481 e. The Hall–Kier alpha value is -5.93. The van der Waals surface area contributed by atoms with E-state index in [9.17, 15) is 24.0 Å². The molecule has 1 aliphatic heterocycles. The van der Waals surface area contributed by atoms with E-state index in [4.69, 9.17) is 9.52 Å². The molecule has 1 aromatic carbocycles. The quantitative estimate of drug-likeness (QED) is 0.130. The lowest BCUT2D eigenvalue weighted by molar-refractivity contribution is -0.138. The summed E-state index contributed by atoms with van der Waals surface area (Å²) in [7, 11) is 0. The van der Waals surface area contributed by atoms with Gasteiger partial charge < -0.3 is 30.4 Å². The number of unbranched alkanes of at least 4 members (excludes halogenated alkanes) is 3. The number of hydrogen-bond acceptors (Lipinski definition) is 10. The molecule has 0 bridgehead atoms. The molecule has 0 spiro atoms. The fourth-order valence-electron chi connectivity index (χ4n) is 5.20. The van der Waals surface area contributed by atoms with Crippen LogP contribution >= 0.6 is 0 Å². The molecule has 0 unspecified atom stereocenters. The van der Waals surface area contributed by atoms with Gasteiger partial charge in [0.25, 0.3) is 11.4 Å². The molecule has 0 aliphatic carbocycles. The number of rotatable bonds is 15. The molecule has 1 aliphatic rings. The molecule has 4 N–H and O–H groups in total. The summed E-state index contributed by atoms with van der Waals surface area (Å²) in [6.45, 7) is 7.19. The smallest absolute Gasteiger partial charge is 0.322 e. The maximum Gasteiger partial charge on any atom is 0.322 e. The van der Waals surface area contributed by atoms with Crippen molar-refractivity contribution in [2.45, 2.75) is 78.9 Å². The van der Waals surface area contributed by atoms with E-state index in [2.05, 4.69) is 36.2 Å². The first kappa shape index (κ1) is 37.9. The van der Waals surface area contributed by atoms with Crippen molar-refractivity contribution in [1.82, 2.24) is 40.5 Å². The number of aromatic nitrogens is 5. The fourth-order valence-corrected chi connectivity index (χ4v) is 5.20. The highest BCUT2D eigenvalue weighted by Crippen LogP contribution is 2.25. The zero-order chi connectivity index (χ0) is 36.8. The summed E-state index contributed by atoms with van der Waals surface area (Å²) < 4.78 is 6.96. The van der Waals surface area contributed by atoms with Crippen LogP contribution in [-0.4, -0.2) is 71.9 Å². The molecule has 4 heterocycles. The van der Waals surface area contributed by atoms with Gasteiger partial charge in [-0.3, -0.25) is 24.2 Å². The van der Waals surface area contributed by atoms with Crippen LogP contribution in [0.4, 0.5) is 10.5 Å². The molecule has 16 nitrogen and oxygen atoms in total. The number of aliphatic carboxylic acids is 1. The maximum atomic E-state index is 13.4. The zero-order valence-corrected chi connectivity index (χ0v) is 29.0. The molecule has 0 radical (unpaired) electrons. The summed E-state index contributed by atoms with van der Waals surface area (Å²) in [4.78, 5) is 66.1. The van der Waals surface area contributed by atoms with Gasteiger partial charge in [-0.05, 0) is 48.2 Å². The van der Waals surface area contributed by atoms with E-state index in [1.54, 1.807) is 42.4 Å². The Bertz CT molecular complexity index is 1850. The van der Waals surface area contributed by atoms with Crippen LogP contribution in [0.2, 0.25) is 0 Å². The van der Waals surface area contributed by atoms with Gasteiger partial charge in [-0.1, -0.05) is 38.8 Å². The van der Waals surface area contributed by atoms with Gasteiger partial charge in [0.05, 0.1) is 18.7 Å².